The predicted molar refractivity (Wildman–Crippen MR) is 123 cm³/mol. The van der Waals surface area contributed by atoms with Crippen molar-refractivity contribution in [2.75, 3.05) is 6.61 Å². The molecule has 3 rings (SSSR count). The van der Waals surface area contributed by atoms with Gasteiger partial charge >= 0.3 is 5.97 Å². The average molecular weight is 480 g/mol. The predicted octanol–water partition coefficient (Wildman–Crippen LogP) is 5.67. The standard InChI is InChI=1S/C21H19Cl2N3O4S/c1-3-30-20(27)17-12(2)24-21(25-19(17)15-5-4-6-16(22)18(15)23)31-11-13-7-9-14(10-8-13)26(28)29/h4-10,19H,3,11H2,1-2H3,(H,24,25)/t19-/m1/s1. The largest absolute Gasteiger partial charge is 0.463 e. The molecule has 1 aliphatic rings. The molecule has 0 spiro atoms. The molecule has 2 aromatic carbocycles. The van der Waals surface area contributed by atoms with E-state index in [0.29, 0.717) is 37.8 Å². The van der Waals surface area contributed by atoms with Gasteiger partial charge in [0.25, 0.3) is 5.69 Å². The summed E-state index contributed by atoms with van der Waals surface area (Å²) < 4.78 is 5.22. The number of benzene rings is 2. The minimum absolute atomic E-state index is 0.0374. The Balaban J connectivity index is 1.89. The molecule has 1 aliphatic heterocycles. The number of non-ortho nitro benzene ring substituents is 1. The molecule has 0 unspecified atom stereocenters. The molecule has 31 heavy (non-hydrogen) atoms. The maximum Gasteiger partial charge on any atom is 0.338 e. The first-order valence-corrected chi connectivity index (χ1v) is 11.1. The summed E-state index contributed by atoms with van der Waals surface area (Å²) in [6, 6.07) is 10.9. The summed E-state index contributed by atoms with van der Waals surface area (Å²) in [6.07, 6.45) is 0. The van der Waals surface area contributed by atoms with Crippen molar-refractivity contribution in [2.24, 2.45) is 4.99 Å². The third-order valence-electron chi connectivity index (χ3n) is 4.51. The van der Waals surface area contributed by atoms with E-state index in [4.69, 9.17) is 32.9 Å². The van der Waals surface area contributed by atoms with E-state index < -0.39 is 16.9 Å². The zero-order valence-corrected chi connectivity index (χ0v) is 19.1. The van der Waals surface area contributed by atoms with E-state index in [0.717, 1.165) is 5.56 Å². The van der Waals surface area contributed by atoms with E-state index >= 15 is 0 Å². The Morgan fingerprint density at radius 2 is 1.97 bits per heavy atom. The van der Waals surface area contributed by atoms with Crippen LogP contribution in [-0.4, -0.2) is 22.7 Å². The van der Waals surface area contributed by atoms with Gasteiger partial charge in [0.05, 0.1) is 27.1 Å². The lowest BCUT2D eigenvalue weighted by Gasteiger charge is -2.26. The Morgan fingerprint density at radius 1 is 1.26 bits per heavy atom. The minimum Gasteiger partial charge on any atom is -0.463 e. The number of allylic oxidation sites excluding steroid dienone is 1. The van der Waals surface area contributed by atoms with E-state index in [1.54, 1.807) is 44.2 Å². The number of nitro groups is 1. The van der Waals surface area contributed by atoms with E-state index in [-0.39, 0.29) is 12.3 Å². The highest BCUT2D eigenvalue weighted by Gasteiger charge is 2.32. The zero-order valence-electron chi connectivity index (χ0n) is 16.7. The van der Waals surface area contributed by atoms with Gasteiger partial charge in [-0.25, -0.2) is 9.79 Å². The number of amidine groups is 1. The number of rotatable bonds is 6. The summed E-state index contributed by atoms with van der Waals surface area (Å²) in [6.45, 7) is 3.75. The molecule has 1 N–H and O–H groups in total. The summed E-state index contributed by atoms with van der Waals surface area (Å²) in [5.41, 5.74) is 2.52. The molecule has 0 aromatic heterocycles. The van der Waals surface area contributed by atoms with Crippen LogP contribution in [-0.2, 0) is 15.3 Å². The molecule has 0 bridgehead atoms. The number of hydrogen-bond acceptors (Lipinski definition) is 7. The molecule has 1 heterocycles. The number of nitrogens with zero attached hydrogens (tertiary/aromatic N) is 2. The molecule has 0 saturated carbocycles. The van der Waals surface area contributed by atoms with Crippen LogP contribution in [0.15, 0.2) is 58.7 Å². The minimum atomic E-state index is -0.675. The number of aliphatic imine (C=N–C) groups is 1. The van der Waals surface area contributed by atoms with Crippen LogP contribution in [0.1, 0.15) is 31.0 Å². The molecule has 0 fully saturated rings. The first-order chi connectivity index (χ1) is 14.8. The van der Waals surface area contributed by atoms with Crippen LogP contribution in [0.2, 0.25) is 10.0 Å². The number of nitro benzene ring substituents is 1. The van der Waals surface area contributed by atoms with Crippen LogP contribution in [0.4, 0.5) is 5.69 Å². The topological polar surface area (TPSA) is 93.8 Å². The number of ether oxygens (including phenoxy) is 1. The van der Waals surface area contributed by atoms with E-state index in [1.165, 1.54) is 23.9 Å². The first kappa shape index (κ1) is 23.1. The fourth-order valence-electron chi connectivity index (χ4n) is 3.02. The second-order valence-electron chi connectivity index (χ2n) is 6.58. The van der Waals surface area contributed by atoms with E-state index in [1.807, 2.05) is 0 Å². The smallest absolute Gasteiger partial charge is 0.338 e. The van der Waals surface area contributed by atoms with Crippen LogP contribution >= 0.6 is 35.0 Å². The Hall–Kier alpha value is -2.55. The zero-order chi connectivity index (χ0) is 22.5. The molecule has 0 aliphatic carbocycles. The molecule has 2 aromatic rings. The van der Waals surface area contributed by atoms with Gasteiger partial charge in [-0.15, -0.1) is 0 Å². The number of esters is 1. The lowest BCUT2D eigenvalue weighted by Crippen LogP contribution is -2.30. The maximum atomic E-state index is 12.6. The molecule has 0 saturated heterocycles. The van der Waals surface area contributed by atoms with Gasteiger partial charge in [-0.2, -0.15) is 0 Å². The number of thioether (sulfide) groups is 1. The molecule has 0 radical (unpaired) electrons. The van der Waals surface area contributed by atoms with Crippen molar-refractivity contribution >= 4 is 51.8 Å². The van der Waals surface area contributed by atoms with Crippen molar-refractivity contribution in [1.82, 2.24) is 5.32 Å². The molecule has 0 amide bonds. The monoisotopic (exact) mass is 479 g/mol. The molecule has 162 valence electrons. The van der Waals surface area contributed by atoms with Gasteiger partial charge in [0.15, 0.2) is 5.17 Å². The van der Waals surface area contributed by atoms with E-state index in [9.17, 15) is 14.9 Å². The number of carbonyl (C=O) groups excluding carboxylic acids is 1. The summed E-state index contributed by atoms with van der Waals surface area (Å²) in [5.74, 6) is 0.0543. The van der Waals surface area contributed by atoms with Gasteiger partial charge in [-0.3, -0.25) is 10.1 Å². The summed E-state index contributed by atoms with van der Waals surface area (Å²) in [5, 5.41) is 15.2. The molecular weight excluding hydrogens is 461 g/mol. The normalized spacial score (nSPS) is 15.9. The van der Waals surface area contributed by atoms with Gasteiger partial charge in [-0.05, 0) is 25.5 Å². The highest BCUT2D eigenvalue weighted by molar-refractivity contribution is 8.13. The third-order valence-corrected chi connectivity index (χ3v) is 6.30. The number of hydrogen-bond donors (Lipinski definition) is 1. The second kappa shape index (κ2) is 10.2. The Morgan fingerprint density at radius 3 is 2.61 bits per heavy atom. The highest BCUT2D eigenvalue weighted by atomic mass is 35.5. The Labute approximate surface area is 193 Å². The van der Waals surface area contributed by atoms with Crippen LogP contribution < -0.4 is 5.32 Å². The van der Waals surface area contributed by atoms with Crippen molar-refractivity contribution in [3.8, 4) is 0 Å². The van der Waals surface area contributed by atoms with Gasteiger partial charge in [-0.1, -0.05) is 59.2 Å². The summed E-state index contributed by atoms with van der Waals surface area (Å²) in [4.78, 5) is 27.7. The number of halogens is 2. The lowest BCUT2D eigenvalue weighted by atomic mass is 9.96. The molecule has 7 nitrogen and oxygen atoms in total. The second-order valence-corrected chi connectivity index (χ2v) is 8.33. The quantitative estimate of drug-likeness (QED) is 0.325. The molecule has 10 heteroatoms. The van der Waals surface area contributed by atoms with Crippen LogP contribution in [0.3, 0.4) is 0 Å². The lowest BCUT2D eigenvalue weighted by molar-refractivity contribution is -0.384. The highest BCUT2D eigenvalue weighted by Crippen LogP contribution is 2.39. The molecular formula is C21H19Cl2N3O4S. The fourth-order valence-corrected chi connectivity index (χ4v) is 4.33. The first-order valence-electron chi connectivity index (χ1n) is 9.34. The van der Waals surface area contributed by atoms with Gasteiger partial charge in [0.1, 0.15) is 6.04 Å². The average Bonchev–Trinajstić information content (AvgIpc) is 2.74. The van der Waals surface area contributed by atoms with Crippen molar-refractivity contribution in [1.29, 1.82) is 0 Å². The Bertz CT molecular complexity index is 1070. The third kappa shape index (κ3) is 5.39. The maximum absolute atomic E-state index is 12.6. The Kier molecular flexibility index (Phi) is 7.59. The van der Waals surface area contributed by atoms with E-state index in [2.05, 4.69) is 5.32 Å². The fraction of sp³-hybridized carbons (Fsp3) is 0.238. The van der Waals surface area contributed by atoms with Crippen LogP contribution in [0.25, 0.3) is 0 Å². The summed E-state index contributed by atoms with van der Waals surface area (Å²) in [7, 11) is 0. The van der Waals surface area contributed by atoms with Gasteiger partial charge < -0.3 is 10.1 Å². The number of nitrogens with one attached hydrogen (secondary N) is 1. The van der Waals surface area contributed by atoms with Gasteiger partial charge in [0, 0.05) is 29.1 Å². The van der Waals surface area contributed by atoms with Crippen molar-refractivity contribution in [3.05, 3.63) is 85.0 Å². The van der Waals surface area contributed by atoms with Crippen molar-refractivity contribution in [3.63, 3.8) is 0 Å². The SMILES string of the molecule is CCOC(=O)C1=C(C)NC(SCc2ccc([N+](=O)[O-])cc2)=N[C@@H]1c1cccc(Cl)c1Cl. The number of carbonyl (C=O) groups is 1. The van der Waals surface area contributed by atoms with Crippen LogP contribution in [0, 0.1) is 10.1 Å². The van der Waals surface area contributed by atoms with Crippen molar-refractivity contribution in [2.45, 2.75) is 25.6 Å². The summed E-state index contributed by atoms with van der Waals surface area (Å²) >= 11 is 14.0. The van der Waals surface area contributed by atoms with Crippen molar-refractivity contribution < 1.29 is 14.5 Å². The molecule has 1 atom stereocenters. The van der Waals surface area contributed by atoms with Crippen LogP contribution in [0.5, 0.6) is 0 Å². The van der Waals surface area contributed by atoms with Gasteiger partial charge in [0.2, 0.25) is 0 Å².